The Labute approximate surface area is 136 Å². The molecule has 1 amide bonds. The Hall–Kier alpha value is -2.46. The average Bonchev–Trinajstić information content (AvgIpc) is 2.56. The number of carbonyl (C=O) groups is 1. The van der Waals surface area contributed by atoms with Crippen molar-refractivity contribution in [2.45, 2.75) is 0 Å². The predicted molar refractivity (Wildman–Crippen MR) is 93.2 cm³/mol. The summed E-state index contributed by atoms with van der Waals surface area (Å²) in [6.45, 7) is 0. The topological polar surface area (TPSA) is 41.5 Å². The van der Waals surface area contributed by atoms with Crippen LogP contribution in [0.15, 0.2) is 76.3 Å². The maximum absolute atomic E-state index is 12.3. The standard InChI is InChI=1S/C18H13BrN2O/c19-17-11-4-2-7-14(17)12-20-21-18(22)16-10-5-8-13-6-1-3-9-15(13)16/h1-12H,(H,21,22). The van der Waals surface area contributed by atoms with E-state index in [1.165, 1.54) is 0 Å². The third kappa shape index (κ3) is 3.07. The summed E-state index contributed by atoms with van der Waals surface area (Å²) in [5.74, 6) is -0.222. The molecule has 4 heteroatoms. The minimum absolute atomic E-state index is 0.222. The molecule has 0 spiro atoms. The second-order valence-electron chi connectivity index (χ2n) is 4.75. The van der Waals surface area contributed by atoms with Crippen LogP contribution in [0, 0.1) is 0 Å². The summed E-state index contributed by atoms with van der Waals surface area (Å²) >= 11 is 3.44. The van der Waals surface area contributed by atoms with E-state index >= 15 is 0 Å². The summed E-state index contributed by atoms with van der Waals surface area (Å²) in [7, 11) is 0. The van der Waals surface area contributed by atoms with Crippen LogP contribution in [0.4, 0.5) is 0 Å². The fourth-order valence-corrected chi connectivity index (χ4v) is 2.61. The van der Waals surface area contributed by atoms with Crippen molar-refractivity contribution in [1.82, 2.24) is 5.43 Å². The zero-order valence-electron chi connectivity index (χ0n) is 11.7. The Morgan fingerprint density at radius 1 is 0.955 bits per heavy atom. The minimum Gasteiger partial charge on any atom is -0.267 e. The van der Waals surface area contributed by atoms with Gasteiger partial charge in [0.25, 0.3) is 5.91 Å². The van der Waals surface area contributed by atoms with Gasteiger partial charge in [0.2, 0.25) is 0 Å². The van der Waals surface area contributed by atoms with Crippen LogP contribution in [0.3, 0.4) is 0 Å². The van der Waals surface area contributed by atoms with E-state index in [1.54, 1.807) is 12.3 Å². The molecule has 0 aromatic heterocycles. The van der Waals surface area contributed by atoms with E-state index in [2.05, 4.69) is 26.5 Å². The Morgan fingerprint density at radius 3 is 2.55 bits per heavy atom. The van der Waals surface area contributed by atoms with Gasteiger partial charge in [-0.2, -0.15) is 5.10 Å². The van der Waals surface area contributed by atoms with Gasteiger partial charge in [0.05, 0.1) is 6.21 Å². The number of benzene rings is 3. The molecular weight excluding hydrogens is 340 g/mol. The molecule has 1 N–H and O–H groups in total. The van der Waals surface area contributed by atoms with Gasteiger partial charge in [-0.3, -0.25) is 4.79 Å². The molecule has 3 aromatic rings. The highest BCUT2D eigenvalue weighted by Gasteiger charge is 2.08. The molecule has 22 heavy (non-hydrogen) atoms. The lowest BCUT2D eigenvalue weighted by Gasteiger charge is -2.04. The summed E-state index contributed by atoms with van der Waals surface area (Å²) in [6.07, 6.45) is 1.62. The minimum atomic E-state index is -0.222. The van der Waals surface area contributed by atoms with E-state index in [0.29, 0.717) is 5.56 Å². The number of nitrogens with zero attached hydrogens (tertiary/aromatic N) is 1. The average molecular weight is 353 g/mol. The van der Waals surface area contributed by atoms with Gasteiger partial charge in [0.1, 0.15) is 0 Å². The number of fused-ring (bicyclic) bond motifs is 1. The lowest BCUT2D eigenvalue weighted by Crippen LogP contribution is -2.17. The van der Waals surface area contributed by atoms with Crippen molar-refractivity contribution in [2.75, 3.05) is 0 Å². The van der Waals surface area contributed by atoms with Crippen LogP contribution < -0.4 is 5.43 Å². The quantitative estimate of drug-likeness (QED) is 0.552. The van der Waals surface area contributed by atoms with Crippen molar-refractivity contribution in [2.24, 2.45) is 5.10 Å². The summed E-state index contributed by atoms with van der Waals surface area (Å²) in [5.41, 5.74) is 4.09. The molecule has 0 aliphatic rings. The van der Waals surface area contributed by atoms with Crippen molar-refractivity contribution in [1.29, 1.82) is 0 Å². The van der Waals surface area contributed by atoms with Crippen LogP contribution in [0.5, 0.6) is 0 Å². The Balaban J connectivity index is 1.81. The van der Waals surface area contributed by atoms with Gasteiger partial charge < -0.3 is 0 Å². The molecule has 0 aliphatic carbocycles. The summed E-state index contributed by atoms with van der Waals surface area (Å²) in [5, 5.41) is 5.98. The Bertz CT molecular complexity index is 853. The Morgan fingerprint density at radius 2 is 1.68 bits per heavy atom. The fraction of sp³-hybridized carbons (Fsp3) is 0. The molecule has 0 saturated carbocycles. The third-order valence-corrected chi connectivity index (χ3v) is 4.03. The number of amides is 1. The molecule has 0 heterocycles. The maximum atomic E-state index is 12.3. The molecule has 0 aliphatic heterocycles. The molecule has 0 unspecified atom stereocenters. The van der Waals surface area contributed by atoms with Crippen molar-refractivity contribution in [3.05, 3.63) is 82.3 Å². The van der Waals surface area contributed by atoms with E-state index in [-0.39, 0.29) is 5.91 Å². The number of rotatable bonds is 3. The maximum Gasteiger partial charge on any atom is 0.271 e. The molecule has 3 nitrogen and oxygen atoms in total. The van der Waals surface area contributed by atoms with E-state index < -0.39 is 0 Å². The second kappa shape index (κ2) is 6.54. The van der Waals surface area contributed by atoms with E-state index in [1.807, 2.05) is 60.7 Å². The summed E-state index contributed by atoms with van der Waals surface area (Å²) in [6, 6.07) is 21.1. The lowest BCUT2D eigenvalue weighted by atomic mass is 10.0. The molecule has 0 bridgehead atoms. The molecule has 0 atom stereocenters. The number of hydrogen-bond donors (Lipinski definition) is 1. The van der Waals surface area contributed by atoms with Gasteiger partial charge in [-0.15, -0.1) is 0 Å². The number of nitrogens with one attached hydrogen (secondary N) is 1. The van der Waals surface area contributed by atoms with Crippen molar-refractivity contribution in [3.8, 4) is 0 Å². The molecule has 0 radical (unpaired) electrons. The van der Waals surface area contributed by atoms with Gasteiger partial charge in [-0.1, -0.05) is 70.5 Å². The first-order chi connectivity index (χ1) is 10.8. The zero-order valence-corrected chi connectivity index (χ0v) is 13.2. The molecule has 108 valence electrons. The number of hydrazone groups is 1. The molecule has 3 aromatic carbocycles. The van der Waals surface area contributed by atoms with Crippen LogP contribution in [-0.2, 0) is 0 Å². The highest BCUT2D eigenvalue weighted by Crippen LogP contribution is 2.18. The van der Waals surface area contributed by atoms with Gasteiger partial charge >= 0.3 is 0 Å². The first-order valence-corrected chi connectivity index (χ1v) is 7.61. The summed E-state index contributed by atoms with van der Waals surface area (Å²) in [4.78, 5) is 12.3. The first kappa shape index (κ1) is 14.5. The van der Waals surface area contributed by atoms with Crippen molar-refractivity contribution < 1.29 is 4.79 Å². The van der Waals surface area contributed by atoms with Crippen molar-refractivity contribution >= 4 is 38.8 Å². The summed E-state index contributed by atoms with van der Waals surface area (Å²) < 4.78 is 0.929. The monoisotopic (exact) mass is 352 g/mol. The largest absolute Gasteiger partial charge is 0.271 e. The molecule has 0 fully saturated rings. The van der Waals surface area contributed by atoms with Crippen LogP contribution in [0.1, 0.15) is 15.9 Å². The van der Waals surface area contributed by atoms with Crippen molar-refractivity contribution in [3.63, 3.8) is 0 Å². The third-order valence-electron chi connectivity index (χ3n) is 3.31. The second-order valence-corrected chi connectivity index (χ2v) is 5.60. The van der Waals surface area contributed by atoms with E-state index in [4.69, 9.17) is 0 Å². The van der Waals surface area contributed by atoms with E-state index in [9.17, 15) is 4.79 Å². The highest BCUT2D eigenvalue weighted by molar-refractivity contribution is 9.10. The highest BCUT2D eigenvalue weighted by atomic mass is 79.9. The van der Waals surface area contributed by atoms with E-state index in [0.717, 1.165) is 20.8 Å². The molecule has 0 saturated heterocycles. The number of hydrogen-bond acceptors (Lipinski definition) is 2. The molecule has 3 rings (SSSR count). The van der Waals surface area contributed by atoms with Gasteiger partial charge in [0, 0.05) is 15.6 Å². The lowest BCUT2D eigenvalue weighted by molar-refractivity contribution is 0.0957. The van der Waals surface area contributed by atoms with Crippen LogP contribution in [-0.4, -0.2) is 12.1 Å². The SMILES string of the molecule is O=C(NN=Cc1ccccc1Br)c1cccc2ccccc12. The van der Waals surface area contributed by atoms with Crippen LogP contribution >= 0.6 is 15.9 Å². The molecular formula is C18H13BrN2O. The van der Waals surface area contributed by atoms with Crippen LogP contribution in [0.2, 0.25) is 0 Å². The predicted octanol–water partition coefficient (Wildman–Crippen LogP) is 4.37. The van der Waals surface area contributed by atoms with Gasteiger partial charge in [-0.25, -0.2) is 5.43 Å². The Kier molecular flexibility index (Phi) is 4.30. The fourth-order valence-electron chi connectivity index (χ4n) is 2.22. The van der Waals surface area contributed by atoms with Gasteiger partial charge in [0.15, 0.2) is 0 Å². The smallest absolute Gasteiger partial charge is 0.267 e. The zero-order chi connectivity index (χ0) is 15.4. The van der Waals surface area contributed by atoms with Crippen LogP contribution in [0.25, 0.3) is 10.8 Å². The van der Waals surface area contributed by atoms with Gasteiger partial charge in [-0.05, 0) is 22.9 Å². The number of carbonyl (C=O) groups excluding carboxylic acids is 1. The number of halogens is 1. The normalized spacial score (nSPS) is 11.0. The first-order valence-electron chi connectivity index (χ1n) is 6.81.